The van der Waals surface area contributed by atoms with E-state index in [1.54, 1.807) is 11.3 Å². The van der Waals surface area contributed by atoms with Gasteiger partial charge in [0, 0.05) is 42.5 Å². The standard InChI is InChI=1S/C17H19N5OS/c1-11(2)5-15-18-7-12-8-22(10-14(12)20-15)16(23)6-13-9-21-3-4-24-17(21)19-13/h3-4,7,9,11H,5-6,8,10H2,1-2H3. The van der Waals surface area contributed by atoms with E-state index >= 15 is 0 Å². The van der Waals surface area contributed by atoms with E-state index in [0.29, 0.717) is 25.4 Å². The van der Waals surface area contributed by atoms with Gasteiger partial charge in [-0.1, -0.05) is 13.8 Å². The van der Waals surface area contributed by atoms with Gasteiger partial charge in [-0.3, -0.25) is 9.20 Å². The van der Waals surface area contributed by atoms with Crippen molar-refractivity contribution in [3.05, 3.63) is 46.7 Å². The average molecular weight is 341 g/mol. The van der Waals surface area contributed by atoms with Crippen molar-refractivity contribution in [2.24, 2.45) is 5.92 Å². The summed E-state index contributed by atoms with van der Waals surface area (Å²) in [6.07, 6.45) is 6.95. The van der Waals surface area contributed by atoms with E-state index in [0.717, 1.165) is 34.2 Å². The summed E-state index contributed by atoms with van der Waals surface area (Å²) in [6.45, 7) is 5.48. The number of carbonyl (C=O) groups is 1. The molecule has 0 spiro atoms. The van der Waals surface area contributed by atoms with Crippen LogP contribution in [0.2, 0.25) is 0 Å². The molecule has 0 fully saturated rings. The van der Waals surface area contributed by atoms with Gasteiger partial charge in [0.1, 0.15) is 5.82 Å². The Morgan fingerprint density at radius 3 is 3.00 bits per heavy atom. The van der Waals surface area contributed by atoms with E-state index < -0.39 is 0 Å². The SMILES string of the molecule is CC(C)Cc1ncc2c(n1)CN(C(=O)Cc1cn3ccsc3n1)C2. The van der Waals surface area contributed by atoms with E-state index in [4.69, 9.17) is 0 Å². The van der Waals surface area contributed by atoms with Crippen LogP contribution in [0.5, 0.6) is 0 Å². The van der Waals surface area contributed by atoms with Crippen LogP contribution in [0.1, 0.15) is 36.6 Å². The Hall–Kier alpha value is -2.28. The maximum Gasteiger partial charge on any atom is 0.229 e. The lowest BCUT2D eigenvalue weighted by Crippen LogP contribution is -2.27. The molecule has 0 atom stereocenters. The monoisotopic (exact) mass is 341 g/mol. The molecule has 1 amide bonds. The Morgan fingerprint density at radius 1 is 1.33 bits per heavy atom. The molecule has 0 aliphatic carbocycles. The molecule has 0 unspecified atom stereocenters. The summed E-state index contributed by atoms with van der Waals surface area (Å²) in [5.74, 6) is 1.48. The minimum absolute atomic E-state index is 0.0872. The van der Waals surface area contributed by atoms with Crippen LogP contribution >= 0.6 is 11.3 Å². The fourth-order valence-electron chi connectivity index (χ4n) is 2.96. The van der Waals surface area contributed by atoms with E-state index in [1.807, 2.05) is 33.3 Å². The number of rotatable bonds is 4. The summed E-state index contributed by atoms with van der Waals surface area (Å²) < 4.78 is 1.95. The molecule has 124 valence electrons. The first-order valence-corrected chi connectivity index (χ1v) is 8.99. The minimum atomic E-state index is 0.0872. The Morgan fingerprint density at radius 2 is 2.21 bits per heavy atom. The maximum absolute atomic E-state index is 12.6. The number of aromatic nitrogens is 4. The van der Waals surface area contributed by atoms with Crippen LogP contribution in [-0.4, -0.2) is 30.2 Å². The summed E-state index contributed by atoms with van der Waals surface area (Å²) in [5.41, 5.74) is 2.86. The Balaban J connectivity index is 1.45. The first-order valence-electron chi connectivity index (χ1n) is 8.11. The first-order chi connectivity index (χ1) is 11.6. The van der Waals surface area contributed by atoms with Gasteiger partial charge in [-0.2, -0.15) is 0 Å². The third-order valence-electron chi connectivity index (χ3n) is 4.12. The zero-order valence-corrected chi connectivity index (χ0v) is 14.6. The third-order valence-corrected chi connectivity index (χ3v) is 4.90. The summed E-state index contributed by atoms with van der Waals surface area (Å²) >= 11 is 1.57. The number of fused-ring (bicyclic) bond motifs is 2. The van der Waals surface area contributed by atoms with Crippen molar-refractivity contribution in [3.8, 4) is 0 Å². The second kappa shape index (κ2) is 5.98. The molecule has 0 saturated heterocycles. The second-order valence-electron chi connectivity index (χ2n) is 6.61. The molecule has 6 nitrogen and oxygen atoms in total. The van der Waals surface area contributed by atoms with Crippen molar-refractivity contribution in [1.82, 2.24) is 24.3 Å². The number of imidazole rings is 1. The number of nitrogens with zero attached hydrogens (tertiary/aromatic N) is 5. The molecule has 4 heterocycles. The highest BCUT2D eigenvalue weighted by Gasteiger charge is 2.26. The fraction of sp³-hybridized carbons (Fsp3) is 0.412. The molecule has 0 aromatic carbocycles. The minimum Gasteiger partial charge on any atom is -0.332 e. The third kappa shape index (κ3) is 2.91. The summed E-state index contributed by atoms with van der Waals surface area (Å²) in [5, 5.41) is 1.98. The Kier molecular flexibility index (Phi) is 3.80. The van der Waals surface area contributed by atoms with Gasteiger partial charge in [-0.15, -0.1) is 11.3 Å². The highest BCUT2D eigenvalue weighted by molar-refractivity contribution is 7.15. The molecule has 1 aliphatic heterocycles. The maximum atomic E-state index is 12.6. The molecule has 1 aliphatic rings. The molecule has 3 aromatic heterocycles. The van der Waals surface area contributed by atoms with E-state index in [2.05, 4.69) is 28.8 Å². The molecule has 24 heavy (non-hydrogen) atoms. The molecule has 0 saturated carbocycles. The van der Waals surface area contributed by atoms with Gasteiger partial charge in [0.15, 0.2) is 4.96 Å². The number of amides is 1. The normalized spacial score (nSPS) is 13.9. The van der Waals surface area contributed by atoms with Crippen molar-refractivity contribution in [2.75, 3.05) is 0 Å². The molecular weight excluding hydrogens is 322 g/mol. The number of hydrogen-bond donors (Lipinski definition) is 0. The van der Waals surface area contributed by atoms with Crippen molar-refractivity contribution in [3.63, 3.8) is 0 Å². The lowest BCUT2D eigenvalue weighted by molar-refractivity contribution is -0.131. The van der Waals surface area contributed by atoms with Gasteiger partial charge in [-0.05, 0) is 5.92 Å². The summed E-state index contributed by atoms with van der Waals surface area (Å²) in [7, 11) is 0. The Labute approximate surface area is 144 Å². The van der Waals surface area contributed by atoms with Crippen LogP contribution in [0.4, 0.5) is 0 Å². The quantitative estimate of drug-likeness (QED) is 0.731. The highest BCUT2D eigenvalue weighted by atomic mass is 32.1. The van der Waals surface area contributed by atoms with Gasteiger partial charge < -0.3 is 4.90 Å². The van der Waals surface area contributed by atoms with Crippen LogP contribution in [0, 0.1) is 5.92 Å². The number of carbonyl (C=O) groups excluding carboxylic acids is 1. The van der Waals surface area contributed by atoms with Gasteiger partial charge in [0.25, 0.3) is 0 Å². The van der Waals surface area contributed by atoms with Crippen molar-refractivity contribution < 1.29 is 4.79 Å². The zero-order valence-electron chi connectivity index (χ0n) is 13.8. The van der Waals surface area contributed by atoms with Crippen LogP contribution in [0.3, 0.4) is 0 Å². The lowest BCUT2D eigenvalue weighted by Gasteiger charge is -2.13. The summed E-state index contributed by atoms with van der Waals surface area (Å²) in [4.78, 5) is 28.9. The van der Waals surface area contributed by atoms with Crippen LogP contribution in [0.15, 0.2) is 24.0 Å². The molecule has 0 radical (unpaired) electrons. The fourth-order valence-corrected chi connectivity index (χ4v) is 3.68. The second-order valence-corrected chi connectivity index (χ2v) is 7.48. The zero-order chi connectivity index (χ0) is 16.7. The van der Waals surface area contributed by atoms with Crippen molar-refractivity contribution in [1.29, 1.82) is 0 Å². The highest BCUT2D eigenvalue weighted by Crippen LogP contribution is 2.22. The lowest BCUT2D eigenvalue weighted by atomic mass is 10.1. The van der Waals surface area contributed by atoms with Crippen LogP contribution < -0.4 is 0 Å². The van der Waals surface area contributed by atoms with Gasteiger partial charge in [-0.25, -0.2) is 15.0 Å². The molecular formula is C17H19N5OS. The Bertz CT molecular complexity index is 869. The van der Waals surface area contributed by atoms with Crippen LogP contribution in [-0.2, 0) is 30.7 Å². The predicted octanol–water partition coefficient (Wildman–Crippen LogP) is 2.47. The topological polar surface area (TPSA) is 63.4 Å². The number of thiazole rings is 1. The van der Waals surface area contributed by atoms with Crippen LogP contribution in [0.25, 0.3) is 4.96 Å². The largest absolute Gasteiger partial charge is 0.332 e. The van der Waals surface area contributed by atoms with Gasteiger partial charge >= 0.3 is 0 Å². The van der Waals surface area contributed by atoms with E-state index in [9.17, 15) is 4.79 Å². The van der Waals surface area contributed by atoms with Crippen molar-refractivity contribution in [2.45, 2.75) is 39.8 Å². The van der Waals surface area contributed by atoms with E-state index in [-0.39, 0.29) is 5.91 Å². The molecule has 3 aromatic rings. The van der Waals surface area contributed by atoms with E-state index in [1.165, 1.54) is 0 Å². The smallest absolute Gasteiger partial charge is 0.229 e. The number of hydrogen-bond acceptors (Lipinski definition) is 5. The molecule has 4 rings (SSSR count). The average Bonchev–Trinajstić information content (AvgIpc) is 3.19. The summed E-state index contributed by atoms with van der Waals surface area (Å²) in [6, 6.07) is 0. The van der Waals surface area contributed by atoms with Gasteiger partial charge in [0.2, 0.25) is 5.91 Å². The van der Waals surface area contributed by atoms with Crippen molar-refractivity contribution >= 4 is 22.2 Å². The molecule has 7 heteroatoms. The predicted molar refractivity (Wildman–Crippen MR) is 91.6 cm³/mol. The molecule has 0 bridgehead atoms. The molecule has 0 N–H and O–H groups in total. The first kappa shape index (κ1) is 15.3. The van der Waals surface area contributed by atoms with Gasteiger partial charge in [0.05, 0.1) is 24.4 Å².